The molecule has 3 aliphatic rings. The maximum atomic E-state index is 14.7. The monoisotopic (exact) mass is 736 g/mol. The molecule has 1 unspecified atom stereocenters. The Hall–Kier alpha value is -5.21. The lowest BCUT2D eigenvalue weighted by Gasteiger charge is -2.46. The number of imide groups is 1. The molecule has 0 spiro atoms. The van der Waals surface area contributed by atoms with Crippen molar-refractivity contribution in [3.63, 3.8) is 0 Å². The second-order valence-corrected chi connectivity index (χ2v) is 15.0. The Morgan fingerprint density at radius 2 is 1.69 bits per heavy atom. The Kier molecular flexibility index (Phi) is 9.88. The number of piperazine rings is 1. The molecule has 3 aromatic heterocycles. The first-order valence-electron chi connectivity index (χ1n) is 18.9. The zero-order chi connectivity index (χ0) is 37.5. The van der Waals surface area contributed by atoms with Crippen LogP contribution in [0.25, 0.3) is 16.9 Å². The Bertz CT molecular complexity index is 2150. The molecule has 0 aliphatic carbocycles. The molecule has 12 nitrogen and oxygen atoms in total. The maximum absolute atomic E-state index is 14.7. The minimum absolute atomic E-state index is 0.187. The van der Waals surface area contributed by atoms with Crippen LogP contribution in [0.2, 0.25) is 0 Å². The van der Waals surface area contributed by atoms with E-state index in [-0.39, 0.29) is 23.3 Å². The molecule has 3 aliphatic heterocycles. The molecule has 3 saturated heterocycles. The maximum Gasteiger partial charge on any atom is 0.234 e. The number of aryl methyl sites for hydroxylation is 1. The summed E-state index contributed by atoms with van der Waals surface area (Å²) in [6.45, 7) is 12.2. The second kappa shape index (κ2) is 14.9. The molecular weight excluding hydrogens is 691 g/mol. The van der Waals surface area contributed by atoms with Crippen molar-refractivity contribution >= 4 is 34.7 Å². The fraction of sp³-hybridized carbons (Fsp3) is 0.425. The van der Waals surface area contributed by atoms with Crippen molar-refractivity contribution in [2.75, 3.05) is 49.5 Å². The minimum Gasteiger partial charge on any atom is -0.368 e. The first kappa shape index (κ1) is 35.8. The number of anilines is 3. The van der Waals surface area contributed by atoms with E-state index in [4.69, 9.17) is 0 Å². The summed E-state index contributed by atoms with van der Waals surface area (Å²) in [5.41, 5.74) is 4.55. The van der Waals surface area contributed by atoms with Crippen molar-refractivity contribution in [2.45, 2.75) is 70.5 Å². The van der Waals surface area contributed by atoms with Gasteiger partial charge in [0.1, 0.15) is 11.6 Å². The van der Waals surface area contributed by atoms with Gasteiger partial charge in [0.2, 0.25) is 11.8 Å². The van der Waals surface area contributed by atoms with Gasteiger partial charge in [0.25, 0.3) is 0 Å². The van der Waals surface area contributed by atoms with Crippen LogP contribution in [0.1, 0.15) is 62.6 Å². The third-order valence-corrected chi connectivity index (χ3v) is 11.4. The first-order chi connectivity index (χ1) is 26.1. The summed E-state index contributed by atoms with van der Waals surface area (Å²) in [5, 5.41) is 10.5. The number of hydrogen-bond donors (Lipinski definition) is 2. The number of hydrogen-bond acceptors (Lipinski definition) is 9. The molecule has 0 saturated carbocycles. The summed E-state index contributed by atoms with van der Waals surface area (Å²) in [4.78, 5) is 40.5. The van der Waals surface area contributed by atoms with Crippen LogP contribution in [0.5, 0.6) is 0 Å². The molecule has 54 heavy (non-hydrogen) atoms. The van der Waals surface area contributed by atoms with Crippen LogP contribution in [0.4, 0.5) is 26.0 Å². The molecule has 3 fully saturated rings. The average Bonchev–Trinajstić information content (AvgIpc) is 3.85. The number of benzene rings is 2. The standard InChI is InChI=1S/C40H46F2N10O2/c1-25-18-33(35(42)19-34(25)41)36-21-44-38(39-43-12-15-51(36)39)46-29-20-45-52(24-29)31-10-13-48(14-11-31)16-17-50-26(2)22-49(23-27(50)3)30-6-4-28(5-7-30)32-8-9-37(53)47-40(32)54/h4-7,12,15,18-21,24,26-27,31-32H,8-11,13-14,16-17,22-23H2,1-3H3,(H,44,46)(H,47,53,54)/t26-,27-,32?/m1/s1. The summed E-state index contributed by atoms with van der Waals surface area (Å²) in [6.07, 6.45) is 11.7. The van der Waals surface area contributed by atoms with Gasteiger partial charge in [-0.2, -0.15) is 5.10 Å². The number of amides is 2. The van der Waals surface area contributed by atoms with Crippen molar-refractivity contribution in [2.24, 2.45) is 0 Å². The van der Waals surface area contributed by atoms with E-state index >= 15 is 0 Å². The Labute approximate surface area is 313 Å². The van der Waals surface area contributed by atoms with Gasteiger partial charge in [-0.1, -0.05) is 12.1 Å². The second-order valence-electron chi connectivity index (χ2n) is 15.0. The van der Waals surface area contributed by atoms with Crippen molar-refractivity contribution in [1.29, 1.82) is 0 Å². The van der Waals surface area contributed by atoms with Crippen molar-refractivity contribution in [3.8, 4) is 11.3 Å². The Morgan fingerprint density at radius 3 is 2.43 bits per heavy atom. The lowest BCUT2D eigenvalue weighted by atomic mass is 9.90. The zero-order valence-corrected chi connectivity index (χ0v) is 30.9. The van der Waals surface area contributed by atoms with E-state index < -0.39 is 11.6 Å². The van der Waals surface area contributed by atoms with Crippen molar-refractivity contribution < 1.29 is 18.4 Å². The summed E-state index contributed by atoms with van der Waals surface area (Å²) < 4.78 is 32.5. The lowest BCUT2D eigenvalue weighted by molar-refractivity contribution is -0.134. The van der Waals surface area contributed by atoms with E-state index in [1.807, 2.05) is 23.0 Å². The number of rotatable bonds is 9. The topological polar surface area (TPSA) is 116 Å². The highest BCUT2D eigenvalue weighted by Crippen LogP contribution is 2.31. The first-order valence-corrected chi connectivity index (χ1v) is 18.9. The number of imidazole rings is 1. The van der Waals surface area contributed by atoms with Crippen LogP contribution >= 0.6 is 0 Å². The largest absolute Gasteiger partial charge is 0.368 e. The van der Waals surface area contributed by atoms with Gasteiger partial charge in [-0.05, 0) is 69.4 Å². The van der Waals surface area contributed by atoms with Crippen LogP contribution in [0, 0.1) is 18.6 Å². The van der Waals surface area contributed by atoms with Crippen LogP contribution in [0.3, 0.4) is 0 Å². The van der Waals surface area contributed by atoms with E-state index in [0.717, 1.165) is 69.4 Å². The normalized spacial score (nSPS) is 21.9. The van der Waals surface area contributed by atoms with Gasteiger partial charge < -0.3 is 15.1 Å². The van der Waals surface area contributed by atoms with Crippen molar-refractivity contribution in [1.82, 2.24) is 39.3 Å². The van der Waals surface area contributed by atoms with Gasteiger partial charge in [-0.25, -0.2) is 18.7 Å². The van der Waals surface area contributed by atoms with Gasteiger partial charge in [0.05, 0.1) is 35.7 Å². The van der Waals surface area contributed by atoms with Gasteiger partial charge in [0.15, 0.2) is 11.5 Å². The number of halogens is 2. The fourth-order valence-corrected chi connectivity index (χ4v) is 8.40. The van der Waals surface area contributed by atoms with Gasteiger partial charge in [-0.15, -0.1) is 0 Å². The number of nitrogens with one attached hydrogen (secondary N) is 2. The molecule has 3 atom stereocenters. The predicted octanol–water partition coefficient (Wildman–Crippen LogP) is 5.68. The fourth-order valence-electron chi connectivity index (χ4n) is 8.40. The highest BCUT2D eigenvalue weighted by Gasteiger charge is 2.32. The van der Waals surface area contributed by atoms with E-state index in [2.05, 4.69) is 66.4 Å². The van der Waals surface area contributed by atoms with Crippen LogP contribution in [0.15, 0.2) is 67.4 Å². The van der Waals surface area contributed by atoms with Crippen LogP contribution in [-0.2, 0) is 9.59 Å². The quantitative estimate of drug-likeness (QED) is 0.185. The van der Waals surface area contributed by atoms with Crippen molar-refractivity contribution in [3.05, 3.63) is 90.1 Å². The minimum atomic E-state index is -0.653. The highest BCUT2D eigenvalue weighted by atomic mass is 19.1. The number of carbonyl (C=O) groups excluding carboxylic acids is 2. The number of likely N-dealkylation sites (tertiary alicyclic amines) is 1. The molecule has 8 rings (SSSR count). The van der Waals surface area contributed by atoms with E-state index in [9.17, 15) is 18.4 Å². The molecule has 2 aromatic carbocycles. The SMILES string of the molecule is Cc1cc(-c2cnc(Nc3cnn(C4CCN(CCN5[C@H](C)CN(c6ccc(C7CCC(=O)NC7=O)cc6)C[C@H]5C)CC4)c3)c3nccn23)c(F)cc1F. The lowest BCUT2D eigenvalue weighted by Crippen LogP contribution is -2.58. The molecule has 2 N–H and O–H groups in total. The third-order valence-electron chi connectivity index (χ3n) is 11.4. The van der Waals surface area contributed by atoms with Gasteiger partial charge in [0, 0.05) is 93.7 Å². The highest BCUT2D eigenvalue weighted by molar-refractivity contribution is 6.01. The molecule has 5 aromatic rings. The number of nitrogens with zero attached hydrogens (tertiary/aromatic N) is 8. The van der Waals surface area contributed by atoms with E-state index in [1.54, 1.807) is 36.1 Å². The van der Waals surface area contributed by atoms with Gasteiger partial charge >= 0.3 is 0 Å². The molecule has 14 heteroatoms. The Morgan fingerprint density at radius 1 is 0.926 bits per heavy atom. The third kappa shape index (κ3) is 7.19. The summed E-state index contributed by atoms with van der Waals surface area (Å²) in [6, 6.07) is 11.8. The number of aromatic nitrogens is 5. The summed E-state index contributed by atoms with van der Waals surface area (Å²) in [5.74, 6) is -1.37. The molecule has 282 valence electrons. The molecule has 0 bridgehead atoms. The summed E-state index contributed by atoms with van der Waals surface area (Å²) >= 11 is 0. The Balaban J connectivity index is 0.824. The van der Waals surface area contributed by atoms with Gasteiger partial charge in [-0.3, -0.25) is 28.9 Å². The van der Waals surface area contributed by atoms with Crippen LogP contribution in [-0.4, -0.2) is 97.1 Å². The number of carbonyl (C=O) groups is 2. The van der Waals surface area contributed by atoms with Crippen LogP contribution < -0.4 is 15.5 Å². The smallest absolute Gasteiger partial charge is 0.234 e. The summed E-state index contributed by atoms with van der Waals surface area (Å²) in [7, 11) is 0. The predicted molar refractivity (Wildman–Crippen MR) is 203 cm³/mol. The zero-order valence-electron chi connectivity index (χ0n) is 30.9. The molecule has 0 radical (unpaired) electrons. The molecule has 2 amide bonds. The molecule has 6 heterocycles. The molecular formula is C40H46F2N10O2. The number of fused-ring (bicyclic) bond motifs is 1. The average molecular weight is 737 g/mol. The number of piperidine rings is 2. The van der Waals surface area contributed by atoms with E-state index in [0.29, 0.717) is 53.7 Å². The van der Waals surface area contributed by atoms with E-state index in [1.165, 1.54) is 11.8 Å².